The van der Waals surface area contributed by atoms with Gasteiger partial charge in [-0.05, 0) is 49.4 Å². The number of piperidine rings is 1. The molecule has 2 aromatic rings. The predicted molar refractivity (Wildman–Crippen MR) is 114 cm³/mol. The smallest absolute Gasteiger partial charge is 0.238 e. The first-order valence-corrected chi connectivity index (χ1v) is 10.9. The molecule has 0 unspecified atom stereocenters. The molecule has 28 heavy (non-hydrogen) atoms. The molecule has 0 radical (unpaired) electrons. The Labute approximate surface area is 170 Å². The maximum Gasteiger partial charge on any atom is 0.238 e. The number of hydrogen-bond acceptors (Lipinski definition) is 3. The zero-order valence-corrected chi connectivity index (χ0v) is 17.1. The molecule has 0 N–H and O–H groups in total. The first kappa shape index (κ1) is 19.1. The number of anilines is 1. The molecular formula is C23H26N2O2S. The summed E-state index contributed by atoms with van der Waals surface area (Å²) in [5.41, 5.74) is 3.34. The Balaban J connectivity index is 1.41. The second-order valence-corrected chi connectivity index (χ2v) is 9.01. The summed E-state index contributed by atoms with van der Waals surface area (Å²) in [4.78, 5) is 29.1. The largest absolute Gasteiger partial charge is 0.342 e. The van der Waals surface area contributed by atoms with Crippen molar-refractivity contribution in [1.82, 2.24) is 4.90 Å². The lowest BCUT2D eigenvalue weighted by Crippen LogP contribution is -2.53. The van der Waals surface area contributed by atoms with Crippen molar-refractivity contribution in [3.8, 4) is 0 Å². The molecule has 0 aliphatic carbocycles. The van der Waals surface area contributed by atoms with Crippen molar-refractivity contribution in [3.63, 3.8) is 0 Å². The van der Waals surface area contributed by atoms with Crippen LogP contribution in [0.1, 0.15) is 30.4 Å². The van der Waals surface area contributed by atoms with E-state index in [1.165, 1.54) is 5.56 Å². The molecule has 5 heteroatoms. The minimum atomic E-state index is -0.207. The van der Waals surface area contributed by atoms with Gasteiger partial charge in [-0.3, -0.25) is 14.5 Å². The molecule has 2 aliphatic rings. The second kappa shape index (κ2) is 8.00. The molecule has 0 saturated carbocycles. The third kappa shape index (κ3) is 3.81. The van der Waals surface area contributed by atoms with Gasteiger partial charge in [-0.1, -0.05) is 42.5 Å². The lowest BCUT2D eigenvalue weighted by atomic mass is 10.00. The van der Waals surface area contributed by atoms with Crippen molar-refractivity contribution in [2.75, 3.05) is 23.7 Å². The Bertz CT molecular complexity index is 860. The molecule has 2 saturated heterocycles. The SMILES string of the molecule is Cc1cccc(N2C(=O)CSC23CCN(C(=O)CCc2ccccc2)CC3)c1. The first-order chi connectivity index (χ1) is 13.6. The summed E-state index contributed by atoms with van der Waals surface area (Å²) < 4.78 is 0. The maximum absolute atomic E-state index is 12.7. The minimum absolute atomic E-state index is 0.180. The Hall–Kier alpha value is -2.27. The lowest BCUT2D eigenvalue weighted by molar-refractivity contribution is -0.132. The van der Waals surface area contributed by atoms with E-state index < -0.39 is 0 Å². The van der Waals surface area contributed by atoms with Gasteiger partial charge in [0.15, 0.2) is 0 Å². The van der Waals surface area contributed by atoms with Crippen LogP contribution in [0.15, 0.2) is 54.6 Å². The zero-order valence-electron chi connectivity index (χ0n) is 16.3. The number of benzene rings is 2. The average molecular weight is 395 g/mol. The molecule has 2 aliphatic heterocycles. The molecular weight excluding hydrogens is 368 g/mol. The Morgan fingerprint density at radius 1 is 1.07 bits per heavy atom. The van der Waals surface area contributed by atoms with Gasteiger partial charge in [-0.25, -0.2) is 0 Å². The van der Waals surface area contributed by atoms with E-state index in [9.17, 15) is 9.59 Å². The summed E-state index contributed by atoms with van der Waals surface area (Å²) in [7, 11) is 0. The van der Waals surface area contributed by atoms with E-state index in [1.807, 2.05) is 40.1 Å². The third-order valence-electron chi connectivity index (χ3n) is 5.75. The average Bonchev–Trinajstić information content (AvgIpc) is 3.03. The van der Waals surface area contributed by atoms with Crippen LogP contribution in [0, 0.1) is 6.92 Å². The summed E-state index contributed by atoms with van der Waals surface area (Å²) in [6.45, 7) is 3.49. The molecule has 2 fully saturated rings. The van der Waals surface area contributed by atoms with Gasteiger partial charge >= 0.3 is 0 Å². The molecule has 2 heterocycles. The summed E-state index contributed by atoms with van der Waals surface area (Å²) >= 11 is 1.74. The fraction of sp³-hybridized carbons (Fsp3) is 0.391. The number of carbonyl (C=O) groups is 2. The van der Waals surface area contributed by atoms with Gasteiger partial charge in [0.25, 0.3) is 0 Å². The number of carbonyl (C=O) groups excluding carboxylic acids is 2. The minimum Gasteiger partial charge on any atom is -0.342 e. The van der Waals surface area contributed by atoms with Crippen LogP contribution in [0.5, 0.6) is 0 Å². The van der Waals surface area contributed by atoms with E-state index in [1.54, 1.807) is 11.8 Å². The fourth-order valence-corrected chi connectivity index (χ4v) is 5.56. The van der Waals surface area contributed by atoms with Gasteiger partial charge in [0.1, 0.15) is 0 Å². The summed E-state index contributed by atoms with van der Waals surface area (Å²) in [6.07, 6.45) is 2.98. The van der Waals surface area contributed by atoms with Crippen molar-refractivity contribution >= 4 is 29.3 Å². The molecule has 2 amide bonds. The topological polar surface area (TPSA) is 40.6 Å². The van der Waals surface area contributed by atoms with E-state index >= 15 is 0 Å². The Morgan fingerprint density at radius 3 is 2.54 bits per heavy atom. The number of nitrogens with zero attached hydrogens (tertiary/aromatic N) is 2. The second-order valence-electron chi connectivity index (χ2n) is 7.67. The van der Waals surface area contributed by atoms with Crippen molar-refractivity contribution < 1.29 is 9.59 Å². The standard InChI is InChI=1S/C23H26N2O2S/c1-18-6-5-9-20(16-18)25-22(27)17-28-23(25)12-14-24(15-13-23)21(26)11-10-19-7-3-2-4-8-19/h2-9,16H,10-15,17H2,1H3. The van der Waals surface area contributed by atoms with Crippen LogP contribution in [0.4, 0.5) is 5.69 Å². The molecule has 1 spiro atoms. The molecule has 146 valence electrons. The third-order valence-corrected chi connectivity index (χ3v) is 7.27. The van der Waals surface area contributed by atoms with Crippen molar-refractivity contribution in [3.05, 3.63) is 65.7 Å². The normalized spacial score (nSPS) is 18.7. The highest BCUT2D eigenvalue weighted by atomic mass is 32.2. The first-order valence-electron chi connectivity index (χ1n) is 9.93. The van der Waals surface area contributed by atoms with E-state index in [0.29, 0.717) is 12.2 Å². The fourth-order valence-electron chi connectivity index (χ4n) is 4.23. The van der Waals surface area contributed by atoms with Gasteiger partial charge in [-0.2, -0.15) is 0 Å². The molecule has 4 nitrogen and oxygen atoms in total. The van der Waals surface area contributed by atoms with Crippen LogP contribution in [-0.4, -0.2) is 40.4 Å². The highest BCUT2D eigenvalue weighted by Gasteiger charge is 2.49. The van der Waals surface area contributed by atoms with Crippen molar-refractivity contribution in [2.24, 2.45) is 0 Å². The summed E-state index contributed by atoms with van der Waals surface area (Å²) in [6, 6.07) is 18.3. The van der Waals surface area contributed by atoms with Gasteiger partial charge in [0, 0.05) is 25.2 Å². The highest BCUT2D eigenvalue weighted by molar-refractivity contribution is 8.02. The van der Waals surface area contributed by atoms with Crippen molar-refractivity contribution in [2.45, 2.75) is 37.5 Å². The van der Waals surface area contributed by atoms with E-state index in [-0.39, 0.29) is 16.7 Å². The molecule has 2 aromatic carbocycles. The number of aryl methyl sites for hydroxylation is 2. The number of rotatable bonds is 4. The monoisotopic (exact) mass is 394 g/mol. The van der Waals surface area contributed by atoms with Crippen LogP contribution >= 0.6 is 11.8 Å². The van der Waals surface area contributed by atoms with Crippen LogP contribution in [0.3, 0.4) is 0 Å². The highest BCUT2D eigenvalue weighted by Crippen LogP contribution is 2.46. The molecule has 0 bridgehead atoms. The van der Waals surface area contributed by atoms with Gasteiger partial charge in [0.2, 0.25) is 11.8 Å². The predicted octanol–water partition coefficient (Wildman–Crippen LogP) is 4.03. The van der Waals surface area contributed by atoms with Crippen LogP contribution in [0.25, 0.3) is 0 Å². The Kier molecular flexibility index (Phi) is 5.44. The summed E-state index contributed by atoms with van der Waals surface area (Å²) in [5.74, 6) is 0.921. The van der Waals surface area contributed by atoms with Gasteiger partial charge < -0.3 is 4.90 Å². The quantitative estimate of drug-likeness (QED) is 0.786. The van der Waals surface area contributed by atoms with Crippen molar-refractivity contribution in [1.29, 1.82) is 0 Å². The maximum atomic E-state index is 12.7. The van der Waals surface area contributed by atoms with E-state index in [2.05, 4.69) is 31.2 Å². The van der Waals surface area contributed by atoms with Crippen LogP contribution < -0.4 is 4.90 Å². The molecule has 0 aromatic heterocycles. The van der Waals surface area contributed by atoms with Crippen LogP contribution in [0.2, 0.25) is 0 Å². The number of likely N-dealkylation sites (tertiary alicyclic amines) is 1. The van der Waals surface area contributed by atoms with Gasteiger partial charge in [-0.15, -0.1) is 11.8 Å². The Morgan fingerprint density at radius 2 is 1.82 bits per heavy atom. The number of thioether (sulfide) groups is 1. The number of amides is 2. The summed E-state index contributed by atoms with van der Waals surface area (Å²) in [5, 5.41) is 0. The van der Waals surface area contributed by atoms with E-state index in [0.717, 1.165) is 43.6 Å². The van der Waals surface area contributed by atoms with Crippen LogP contribution in [-0.2, 0) is 16.0 Å². The number of hydrogen-bond donors (Lipinski definition) is 0. The van der Waals surface area contributed by atoms with E-state index in [4.69, 9.17) is 0 Å². The molecule has 0 atom stereocenters. The molecule has 4 rings (SSSR count). The van der Waals surface area contributed by atoms with Gasteiger partial charge in [0.05, 0.1) is 10.6 Å². The zero-order chi connectivity index (χ0) is 19.6. The lowest BCUT2D eigenvalue weighted by Gasteiger charge is -2.44.